The van der Waals surface area contributed by atoms with Crippen LogP contribution in [0.3, 0.4) is 0 Å². The van der Waals surface area contributed by atoms with Crippen molar-refractivity contribution >= 4 is 46.9 Å². The lowest BCUT2D eigenvalue weighted by atomic mass is 9.87. The number of carbonyl (C=O) groups excluding carboxylic acids is 7. The average molecular weight is 1910 g/mol. The van der Waals surface area contributed by atoms with Crippen molar-refractivity contribution in [2.75, 3.05) is 11.9 Å². The molecule has 0 bridgehead atoms. The van der Waals surface area contributed by atoms with Gasteiger partial charge >= 0.3 is 5.69 Å². The number of hydrogen-bond donors (Lipinski definition) is 6. The van der Waals surface area contributed by atoms with Crippen molar-refractivity contribution in [3.63, 3.8) is 0 Å². The molecule has 1 saturated carbocycles. The van der Waals surface area contributed by atoms with Gasteiger partial charge in [0, 0.05) is 159 Å². The molecule has 15 rings (SSSR count). The predicted octanol–water partition coefficient (Wildman–Crippen LogP) is 18.9. The third-order valence-electron chi connectivity index (χ3n) is 25.7. The lowest BCUT2D eigenvalue weighted by molar-refractivity contribution is -0.129. The van der Waals surface area contributed by atoms with E-state index < -0.39 is 18.2 Å². The first-order valence-electron chi connectivity index (χ1n) is 48.9. The molecule has 6 amide bonds. The summed E-state index contributed by atoms with van der Waals surface area (Å²) in [4.78, 5) is 133. The Bertz CT molecular complexity index is 5560. The molecule has 27 heteroatoms. The number of ether oxygens (including phenoxy) is 1. The SMILES string of the molecule is C=C1CCC(Cc2ccc(C(C)(C)C)cn2)C(=O)N1.C=C1CCC(Cc2ccc(C(C)(C)C)nc2)C(=O)N1.C=C1CCC(Cc2ccc(C(C)(C)C)nc2)C(=O)N1.C=C1CCC(N(C)c2ccc(C(C)(C)C)nc2)C(=O)N1.C=C1CCC(Oc2ccc(C(C)(C)C)nc2)C(=O)N1.C=C1CCC(n2nc(-c3ccc(C(C)(C)C)cc3)n(C)c2=O)C(=O)N1.C=C1CCC(n2ncc(C(C)(C)C)cc2=O)C(=O)C1. The standard InChI is InChI=1S/C19H24N4O2.C16H23N3O.3C16H22N2O.2C15H20N2O2/c1-12-6-11-15(17(24)20-12)23-18(25)22(5)16(21-23)13-7-9-14(10-8-13)19(2,3)4;1-11-6-8-13(15(20)18-11)19(5)12-7-9-14(17-10-12)16(2,3)4;2*1-11-5-7-13(15(19)18-11)9-12-6-8-14(17-10-12)16(2,3)4;1-11-5-6-12(15(19)18-11)9-14-8-7-13(10-17-14)16(2,3)4;1-10-5-7-12(14(18)17-10)19-11-6-8-13(16-9-11)15(2,3)4;1-10-5-6-12(13(18)7-10)17-14(19)8-11(9-16-17)15(2,3)4/h7-10,15H,1,6,11H2,2-5H3,(H,20,24);7,9-10,13H,1,6,8H2,2-5H3,(H,18,20);2*6,8,10,13H,1,5,7,9H2,2-4H3,(H,18,19);7-8,10,12H,1,5-6,9H2,2-4H3,(H,18,19);6,8-9,12H,1,5,7H2,2-4H3,(H,17,18);8-9,12H,1,5-7H2,2-4H3. The molecule has 6 N–H and O–H groups in total. The molecule has 8 aromatic rings. The summed E-state index contributed by atoms with van der Waals surface area (Å²) in [5, 5.41) is 25.4. The van der Waals surface area contributed by atoms with Gasteiger partial charge in [0.15, 0.2) is 17.7 Å². The molecule has 750 valence electrons. The number of carbonyl (C=O) groups is 7. The number of allylic oxidation sites excluding steroid dienone is 7. The molecule has 7 unspecified atom stereocenters. The second-order valence-electron chi connectivity index (χ2n) is 45.1. The maximum atomic E-state index is 12.6. The number of nitrogens with zero attached hydrogens (tertiary/aromatic N) is 11. The van der Waals surface area contributed by atoms with Gasteiger partial charge in [-0.15, -0.1) is 5.10 Å². The molecule has 140 heavy (non-hydrogen) atoms. The minimum atomic E-state index is -0.591. The van der Waals surface area contributed by atoms with Crippen LogP contribution in [-0.4, -0.2) is 109 Å². The summed E-state index contributed by atoms with van der Waals surface area (Å²) in [6, 6.07) is 28.8. The number of aromatic nitrogens is 10. The third-order valence-corrected chi connectivity index (χ3v) is 25.7. The first kappa shape index (κ1) is 111. The highest BCUT2D eigenvalue weighted by molar-refractivity contribution is 5.88. The number of rotatable bonds is 13. The third kappa shape index (κ3) is 32.1. The zero-order valence-electron chi connectivity index (χ0n) is 87.3. The van der Waals surface area contributed by atoms with Crippen LogP contribution in [0.15, 0.2) is 224 Å². The van der Waals surface area contributed by atoms with E-state index in [9.17, 15) is 43.2 Å². The van der Waals surface area contributed by atoms with E-state index in [0.29, 0.717) is 55.8 Å². The summed E-state index contributed by atoms with van der Waals surface area (Å²) >= 11 is 0. The topological polar surface area (TPSA) is 343 Å². The van der Waals surface area contributed by atoms with E-state index in [2.05, 4.69) is 280 Å². The van der Waals surface area contributed by atoms with Crippen LogP contribution in [0.4, 0.5) is 5.69 Å². The number of benzene rings is 1. The van der Waals surface area contributed by atoms with Crippen LogP contribution in [0.5, 0.6) is 5.75 Å². The van der Waals surface area contributed by atoms with E-state index >= 15 is 0 Å². The highest BCUT2D eigenvalue weighted by Gasteiger charge is 2.36. The molecule has 0 spiro atoms. The lowest BCUT2D eigenvalue weighted by Crippen LogP contribution is -2.48. The van der Waals surface area contributed by atoms with E-state index in [1.165, 1.54) is 25.1 Å². The Hall–Kier alpha value is -12.9. The number of Topliss-reactive ketones (excluding diaryl/α,β-unsaturated/α-hetero) is 1. The number of nitrogens with one attached hydrogen (secondary N) is 6. The van der Waals surface area contributed by atoms with E-state index in [-0.39, 0.29) is 114 Å². The summed E-state index contributed by atoms with van der Waals surface area (Å²) < 4.78 is 9.77. The highest BCUT2D eigenvalue weighted by Crippen LogP contribution is 2.35. The number of anilines is 1. The van der Waals surface area contributed by atoms with Crippen molar-refractivity contribution in [2.24, 2.45) is 24.8 Å². The first-order valence-corrected chi connectivity index (χ1v) is 48.9. The molecule has 1 aliphatic carbocycles. The monoisotopic (exact) mass is 1910 g/mol. The van der Waals surface area contributed by atoms with Crippen molar-refractivity contribution in [3.8, 4) is 17.1 Å². The smallest absolute Gasteiger partial charge is 0.346 e. The van der Waals surface area contributed by atoms with Gasteiger partial charge in [-0.05, 0) is 189 Å². The minimum absolute atomic E-state index is 0.0124. The Morgan fingerprint density at radius 2 is 0.793 bits per heavy atom. The van der Waals surface area contributed by atoms with E-state index in [4.69, 9.17) is 4.74 Å². The Labute approximate surface area is 829 Å². The van der Waals surface area contributed by atoms with E-state index in [0.717, 1.165) is 168 Å². The molecule has 7 aromatic heterocycles. The number of ketones is 1. The van der Waals surface area contributed by atoms with Gasteiger partial charge in [-0.3, -0.25) is 67.8 Å². The first-order chi connectivity index (χ1) is 65.2. The summed E-state index contributed by atoms with van der Waals surface area (Å²) in [5.41, 5.74) is 18.1. The quantitative estimate of drug-likeness (QED) is 0.0584. The minimum Gasteiger partial charge on any atom is -0.479 e. The van der Waals surface area contributed by atoms with Crippen molar-refractivity contribution in [2.45, 2.75) is 323 Å². The van der Waals surface area contributed by atoms with Crippen LogP contribution in [0, 0.1) is 17.8 Å². The number of amides is 6. The van der Waals surface area contributed by atoms with Crippen molar-refractivity contribution in [3.05, 3.63) is 291 Å². The Morgan fingerprint density at radius 1 is 0.379 bits per heavy atom. The van der Waals surface area contributed by atoms with Crippen LogP contribution in [0.1, 0.15) is 310 Å². The molecular formula is C113H153N17O10. The van der Waals surface area contributed by atoms with E-state index in [1.807, 2.05) is 100.0 Å². The number of likely N-dealkylation sites (N-methyl/N-ethyl adjacent to an activating group) is 1. The summed E-state index contributed by atoms with van der Waals surface area (Å²) in [5.74, 6) is 1.27. The Kier molecular flexibility index (Phi) is 37.1. The molecule has 13 heterocycles. The molecule has 6 saturated heterocycles. The summed E-state index contributed by atoms with van der Waals surface area (Å²) in [6.07, 6.45) is 24.0. The van der Waals surface area contributed by atoms with Gasteiger partial charge in [-0.1, -0.05) is 239 Å². The zero-order chi connectivity index (χ0) is 104. The van der Waals surface area contributed by atoms with Gasteiger partial charge in [-0.2, -0.15) is 5.10 Å². The molecule has 7 aliphatic rings. The number of piperidine rings is 6. The van der Waals surface area contributed by atoms with Gasteiger partial charge in [-0.25, -0.2) is 14.2 Å². The normalized spacial score (nSPS) is 19.9. The fraction of sp³-hybridized carbons (Fsp3) is 0.487. The van der Waals surface area contributed by atoms with E-state index in [1.54, 1.807) is 25.5 Å². The molecule has 7 fully saturated rings. The predicted molar refractivity (Wildman–Crippen MR) is 557 cm³/mol. The van der Waals surface area contributed by atoms with Crippen LogP contribution in [0.25, 0.3) is 11.4 Å². The molecular weight excluding hydrogens is 1760 g/mol. The number of pyridine rings is 5. The second kappa shape index (κ2) is 46.9. The molecule has 7 atom stereocenters. The molecule has 1 aromatic carbocycles. The van der Waals surface area contributed by atoms with Crippen LogP contribution < -0.4 is 52.8 Å². The van der Waals surface area contributed by atoms with Gasteiger partial charge in [0.05, 0.1) is 24.3 Å². The largest absolute Gasteiger partial charge is 0.479 e. The average Bonchev–Trinajstić information content (AvgIpc) is 1.61. The fourth-order valence-electron chi connectivity index (χ4n) is 16.4. The Balaban J connectivity index is 0.000000183. The zero-order valence-corrected chi connectivity index (χ0v) is 87.3. The molecule has 6 aliphatic heterocycles. The van der Waals surface area contributed by atoms with Gasteiger partial charge in [0.2, 0.25) is 29.5 Å². The van der Waals surface area contributed by atoms with Crippen molar-refractivity contribution in [1.82, 2.24) is 80.9 Å². The van der Waals surface area contributed by atoms with Gasteiger partial charge < -0.3 is 41.5 Å². The van der Waals surface area contributed by atoms with Crippen LogP contribution in [-0.2, 0) is 97.8 Å². The fourth-order valence-corrected chi connectivity index (χ4v) is 16.4. The van der Waals surface area contributed by atoms with Crippen LogP contribution >= 0.6 is 0 Å². The lowest BCUT2D eigenvalue weighted by Gasteiger charge is -2.32. The van der Waals surface area contributed by atoms with Crippen molar-refractivity contribution in [1.29, 1.82) is 0 Å². The Morgan fingerprint density at radius 3 is 1.19 bits per heavy atom. The maximum Gasteiger partial charge on any atom is 0.346 e. The highest BCUT2D eigenvalue weighted by atomic mass is 16.5. The summed E-state index contributed by atoms with van der Waals surface area (Å²) in [6.45, 7) is 71.2. The van der Waals surface area contributed by atoms with Gasteiger partial charge in [0.1, 0.15) is 23.9 Å². The molecule has 0 radical (unpaired) electrons. The maximum absolute atomic E-state index is 12.6. The molecule has 27 nitrogen and oxygen atoms in total. The number of hydrogen-bond acceptors (Lipinski definition) is 18. The second-order valence-corrected chi connectivity index (χ2v) is 45.1. The summed E-state index contributed by atoms with van der Waals surface area (Å²) in [7, 11) is 3.62. The van der Waals surface area contributed by atoms with Crippen molar-refractivity contribution < 1.29 is 38.3 Å². The van der Waals surface area contributed by atoms with Crippen LogP contribution in [0.2, 0.25) is 0 Å². The van der Waals surface area contributed by atoms with Gasteiger partial charge in [0.25, 0.3) is 11.5 Å².